The number of carbonyl (C=O) groups is 2. The van der Waals surface area contributed by atoms with Crippen molar-refractivity contribution in [1.29, 1.82) is 0 Å². The fourth-order valence-electron chi connectivity index (χ4n) is 4.61. The number of pyridine rings is 1. The number of H-pyrrole nitrogens is 1. The van der Waals surface area contributed by atoms with Gasteiger partial charge in [0.1, 0.15) is 17.2 Å². The van der Waals surface area contributed by atoms with Crippen LogP contribution in [0.15, 0.2) is 60.9 Å². The van der Waals surface area contributed by atoms with Crippen LogP contribution >= 0.6 is 0 Å². The fraction of sp³-hybridized carbons (Fsp3) is 0.321. The van der Waals surface area contributed by atoms with Gasteiger partial charge in [-0.3, -0.25) is 14.6 Å². The molecular formula is C28H32N8O2. The first-order valence-corrected chi connectivity index (χ1v) is 12.9. The molecule has 0 radical (unpaired) electrons. The van der Waals surface area contributed by atoms with Gasteiger partial charge in [-0.05, 0) is 36.6 Å². The monoisotopic (exact) mass is 512 g/mol. The maximum Gasteiger partial charge on any atom is 0.270 e. The normalized spacial score (nSPS) is 14.0. The summed E-state index contributed by atoms with van der Waals surface area (Å²) in [6.45, 7) is 4.61. The van der Waals surface area contributed by atoms with Crippen LogP contribution in [0.5, 0.6) is 0 Å². The third kappa shape index (κ3) is 6.15. The Morgan fingerprint density at radius 1 is 1.03 bits per heavy atom. The van der Waals surface area contributed by atoms with Crippen LogP contribution in [0.1, 0.15) is 35.8 Å². The van der Waals surface area contributed by atoms with Crippen molar-refractivity contribution in [3.8, 4) is 11.4 Å². The van der Waals surface area contributed by atoms with Crippen molar-refractivity contribution in [3.63, 3.8) is 0 Å². The van der Waals surface area contributed by atoms with Crippen molar-refractivity contribution in [3.05, 3.63) is 72.2 Å². The molecule has 1 fully saturated rings. The predicted octanol–water partition coefficient (Wildman–Crippen LogP) is 2.96. The topological polar surface area (TPSA) is 128 Å². The van der Waals surface area contributed by atoms with E-state index in [2.05, 4.69) is 25.9 Å². The molecule has 1 aromatic carbocycles. The van der Waals surface area contributed by atoms with Gasteiger partial charge in [0, 0.05) is 63.6 Å². The largest absolute Gasteiger partial charge is 0.368 e. The van der Waals surface area contributed by atoms with E-state index in [-0.39, 0.29) is 11.8 Å². The Kier molecular flexibility index (Phi) is 7.89. The minimum absolute atomic E-state index is 0.0407. The highest BCUT2D eigenvalue weighted by Crippen LogP contribution is 2.26. The van der Waals surface area contributed by atoms with Gasteiger partial charge in [-0.2, -0.15) is 0 Å². The molecule has 1 aliphatic heterocycles. The molecule has 4 heterocycles. The maximum atomic E-state index is 13.4. The number of anilines is 1. The van der Waals surface area contributed by atoms with E-state index in [9.17, 15) is 9.59 Å². The minimum Gasteiger partial charge on any atom is -0.368 e. The van der Waals surface area contributed by atoms with E-state index in [1.807, 2.05) is 53.4 Å². The number of amides is 2. The van der Waals surface area contributed by atoms with E-state index in [1.54, 1.807) is 12.4 Å². The Morgan fingerprint density at radius 2 is 1.79 bits per heavy atom. The number of nitrogens with zero attached hydrogens (tertiary/aromatic N) is 4. The lowest BCUT2D eigenvalue weighted by atomic mass is 10.0. The van der Waals surface area contributed by atoms with Crippen molar-refractivity contribution >= 4 is 28.7 Å². The number of rotatable bonds is 9. The standard InChI is InChI=1S/C28H32N8O2/c1-19(37)30-13-14-31-26-23-17-24(33-27(23)35-25(34-26)21-5-3-2-4-6-21)28(38)36-15-9-22(10-16-36)32-18-20-7-11-29-12-8-20/h2-8,11-12,17,22,32H,9-10,13-16,18H2,1H3,(H,30,37)(H2,31,33,34,35). The van der Waals surface area contributed by atoms with Crippen LogP contribution in [0.3, 0.4) is 0 Å². The quantitative estimate of drug-likeness (QED) is 0.254. The molecule has 0 saturated carbocycles. The van der Waals surface area contributed by atoms with Crippen molar-refractivity contribution in [2.75, 3.05) is 31.5 Å². The van der Waals surface area contributed by atoms with Crippen LogP contribution in [0.4, 0.5) is 5.82 Å². The average Bonchev–Trinajstić information content (AvgIpc) is 3.39. The highest BCUT2D eigenvalue weighted by molar-refractivity contribution is 6.00. The molecule has 0 spiro atoms. The molecule has 10 heteroatoms. The van der Waals surface area contributed by atoms with Crippen molar-refractivity contribution < 1.29 is 9.59 Å². The highest BCUT2D eigenvalue weighted by atomic mass is 16.2. The summed E-state index contributed by atoms with van der Waals surface area (Å²) < 4.78 is 0. The van der Waals surface area contributed by atoms with E-state index < -0.39 is 0 Å². The summed E-state index contributed by atoms with van der Waals surface area (Å²) >= 11 is 0. The predicted molar refractivity (Wildman–Crippen MR) is 147 cm³/mol. The average molecular weight is 513 g/mol. The number of hydrogen-bond donors (Lipinski definition) is 4. The summed E-state index contributed by atoms with van der Waals surface area (Å²) in [5.41, 5.74) is 3.17. The van der Waals surface area contributed by atoms with Crippen LogP contribution in [0.2, 0.25) is 0 Å². The SMILES string of the molecule is CC(=O)NCCNc1nc(-c2ccccc2)nc2[nH]c(C(=O)N3CCC(NCc4ccncc4)CC3)cc12. The van der Waals surface area contributed by atoms with Gasteiger partial charge in [-0.15, -0.1) is 0 Å². The Morgan fingerprint density at radius 3 is 2.53 bits per heavy atom. The second kappa shape index (κ2) is 11.8. The van der Waals surface area contributed by atoms with Gasteiger partial charge in [0.15, 0.2) is 5.82 Å². The lowest BCUT2D eigenvalue weighted by Gasteiger charge is -2.32. The number of fused-ring (bicyclic) bond motifs is 1. The Bertz CT molecular complexity index is 1380. The zero-order chi connectivity index (χ0) is 26.3. The van der Waals surface area contributed by atoms with Crippen LogP contribution in [0.25, 0.3) is 22.4 Å². The van der Waals surface area contributed by atoms with Crippen LogP contribution in [-0.4, -0.2) is 68.9 Å². The summed E-state index contributed by atoms with van der Waals surface area (Å²) in [7, 11) is 0. The number of nitrogens with one attached hydrogen (secondary N) is 4. The first-order valence-electron chi connectivity index (χ1n) is 12.9. The van der Waals surface area contributed by atoms with Crippen LogP contribution in [-0.2, 0) is 11.3 Å². The molecule has 4 aromatic rings. The van der Waals surface area contributed by atoms with Crippen molar-refractivity contribution in [1.82, 2.24) is 35.5 Å². The van der Waals surface area contributed by atoms with Crippen LogP contribution < -0.4 is 16.0 Å². The number of aromatic amines is 1. The van der Waals surface area contributed by atoms with Crippen molar-refractivity contribution in [2.24, 2.45) is 0 Å². The van der Waals surface area contributed by atoms with E-state index in [4.69, 9.17) is 9.97 Å². The van der Waals surface area contributed by atoms with Gasteiger partial charge in [0.2, 0.25) is 5.91 Å². The highest BCUT2D eigenvalue weighted by Gasteiger charge is 2.25. The summed E-state index contributed by atoms with van der Waals surface area (Å²) in [6.07, 6.45) is 5.39. The molecule has 196 valence electrons. The number of hydrogen-bond acceptors (Lipinski definition) is 7. The molecule has 0 aliphatic carbocycles. The molecule has 4 N–H and O–H groups in total. The first kappa shape index (κ1) is 25.3. The molecule has 38 heavy (non-hydrogen) atoms. The van der Waals surface area contributed by atoms with Gasteiger partial charge in [-0.1, -0.05) is 30.3 Å². The zero-order valence-corrected chi connectivity index (χ0v) is 21.4. The van der Waals surface area contributed by atoms with Gasteiger partial charge in [-0.25, -0.2) is 9.97 Å². The molecule has 2 amide bonds. The Hall–Kier alpha value is -4.31. The summed E-state index contributed by atoms with van der Waals surface area (Å²) in [6, 6.07) is 15.9. The number of aromatic nitrogens is 4. The third-order valence-corrected chi connectivity index (χ3v) is 6.67. The van der Waals surface area contributed by atoms with Gasteiger partial charge in [0.25, 0.3) is 5.91 Å². The lowest BCUT2D eigenvalue weighted by molar-refractivity contribution is -0.118. The second-order valence-electron chi connectivity index (χ2n) is 9.42. The summed E-state index contributed by atoms with van der Waals surface area (Å²) in [5, 5.41) is 10.4. The van der Waals surface area contributed by atoms with Gasteiger partial charge >= 0.3 is 0 Å². The molecule has 0 unspecified atom stereocenters. The summed E-state index contributed by atoms with van der Waals surface area (Å²) in [4.78, 5) is 43.3. The van der Waals surface area contributed by atoms with E-state index >= 15 is 0 Å². The second-order valence-corrected chi connectivity index (χ2v) is 9.42. The minimum atomic E-state index is -0.0875. The molecule has 1 aliphatic rings. The van der Waals surface area contributed by atoms with Gasteiger partial charge < -0.3 is 25.8 Å². The number of carbonyl (C=O) groups excluding carboxylic acids is 2. The number of likely N-dealkylation sites (tertiary alicyclic amines) is 1. The number of benzene rings is 1. The Balaban J connectivity index is 1.29. The molecule has 3 aromatic heterocycles. The third-order valence-electron chi connectivity index (χ3n) is 6.67. The smallest absolute Gasteiger partial charge is 0.270 e. The Labute approximate surface area is 221 Å². The molecular weight excluding hydrogens is 480 g/mol. The van der Waals surface area contributed by atoms with Crippen LogP contribution in [0, 0.1) is 0 Å². The fourth-order valence-corrected chi connectivity index (χ4v) is 4.61. The molecule has 1 saturated heterocycles. The summed E-state index contributed by atoms with van der Waals surface area (Å²) in [5.74, 6) is 1.05. The molecule has 10 nitrogen and oxygen atoms in total. The van der Waals surface area contributed by atoms with E-state index in [1.165, 1.54) is 12.5 Å². The van der Waals surface area contributed by atoms with E-state index in [0.717, 1.165) is 30.3 Å². The molecule has 5 rings (SSSR count). The molecule has 0 atom stereocenters. The maximum absolute atomic E-state index is 13.4. The van der Waals surface area contributed by atoms with E-state index in [0.29, 0.717) is 55.2 Å². The number of piperidine rings is 1. The van der Waals surface area contributed by atoms with Gasteiger partial charge in [0.05, 0.1) is 5.39 Å². The van der Waals surface area contributed by atoms with Crippen molar-refractivity contribution in [2.45, 2.75) is 32.4 Å². The lowest BCUT2D eigenvalue weighted by Crippen LogP contribution is -2.44. The zero-order valence-electron chi connectivity index (χ0n) is 21.4. The first-order chi connectivity index (χ1) is 18.6. The molecule has 0 bridgehead atoms.